The highest BCUT2D eigenvalue weighted by Gasteiger charge is 1.92. The normalized spacial score (nSPS) is 21.8. The van der Waals surface area contributed by atoms with Crippen molar-refractivity contribution < 1.29 is 9.60 Å². The van der Waals surface area contributed by atoms with E-state index in [-0.39, 0.29) is 29.0 Å². The minimum absolute atomic E-state index is 0.0102. The van der Waals surface area contributed by atoms with Gasteiger partial charge in [0, 0.05) is 22.8 Å². The summed E-state index contributed by atoms with van der Waals surface area (Å²) in [7, 11) is 0. The maximum atomic E-state index is 7.68. The lowest BCUT2D eigenvalue weighted by Gasteiger charge is -1.92. The number of rotatable bonds is 0. The van der Waals surface area contributed by atoms with Crippen molar-refractivity contribution in [3.8, 4) is 0 Å². The SMILES string of the molecule is [2H]c1cc([2H])c2c(c1)c([2H])c([2H])n2C([2H])([2H])[2H]. The van der Waals surface area contributed by atoms with Gasteiger partial charge in [0.1, 0.15) is 0 Å². The number of hydrogen-bond donors (Lipinski definition) is 0. The van der Waals surface area contributed by atoms with Crippen LogP contribution in [-0.4, -0.2) is 4.57 Å². The predicted molar refractivity (Wildman–Crippen MR) is 42.9 cm³/mol. The third kappa shape index (κ3) is 0.637. The molecule has 0 aliphatic heterocycles. The van der Waals surface area contributed by atoms with Crippen LogP contribution >= 0.6 is 0 Å². The molecule has 0 saturated heterocycles. The van der Waals surface area contributed by atoms with Crippen molar-refractivity contribution in [1.82, 2.24) is 4.57 Å². The van der Waals surface area contributed by atoms with Gasteiger partial charge in [-0.15, -0.1) is 0 Å². The molecular formula is C9H9N. The van der Waals surface area contributed by atoms with Gasteiger partial charge in [0.25, 0.3) is 0 Å². The van der Waals surface area contributed by atoms with Gasteiger partial charge in [-0.3, -0.25) is 0 Å². The molecule has 2 rings (SSSR count). The number of benzene rings is 1. The summed E-state index contributed by atoms with van der Waals surface area (Å²) in [5.41, 5.74) is 0.0102. The molecule has 0 N–H and O–H groups in total. The second kappa shape index (κ2) is 1.87. The Labute approximate surface area is 69.7 Å². The first-order chi connectivity index (χ1) is 7.73. The quantitative estimate of drug-likeness (QED) is 0.526. The number of aryl methyl sites for hydroxylation is 1. The van der Waals surface area contributed by atoms with Gasteiger partial charge >= 0.3 is 0 Å². The van der Waals surface area contributed by atoms with E-state index in [1.54, 1.807) is 0 Å². The van der Waals surface area contributed by atoms with Crippen LogP contribution in [0, 0.1) is 0 Å². The van der Waals surface area contributed by atoms with Gasteiger partial charge in [-0.1, -0.05) is 18.2 Å². The van der Waals surface area contributed by atoms with E-state index in [0.29, 0.717) is 4.57 Å². The predicted octanol–water partition coefficient (Wildman–Crippen LogP) is 2.18. The highest BCUT2D eigenvalue weighted by atomic mass is 14.9. The van der Waals surface area contributed by atoms with Crippen LogP contribution in [0.25, 0.3) is 10.9 Å². The molecule has 2 aromatic rings. The molecule has 0 atom stereocenters. The second-order valence-electron chi connectivity index (χ2n) is 1.93. The number of hydrogen-bond acceptors (Lipinski definition) is 0. The smallest absolute Gasteiger partial charge is 0.0818 e. The van der Waals surface area contributed by atoms with Gasteiger partial charge in [0.2, 0.25) is 0 Å². The standard InChI is InChI=1S/C9H9N/c1-10-7-6-8-4-2-3-5-9(8)10/h2-7H,1H3/i1D3,2D,5D,6D,7D. The summed E-state index contributed by atoms with van der Waals surface area (Å²) in [4.78, 5) is 0. The fraction of sp³-hybridized carbons (Fsp3) is 0.111. The zero-order chi connectivity index (χ0) is 13.0. The number of para-hydroxylation sites is 1. The summed E-state index contributed by atoms with van der Waals surface area (Å²) in [5, 5.41) is 0.156. The first-order valence-corrected chi connectivity index (χ1v) is 2.83. The third-order valence-electron chi connectivity index (χ3n) is 1.30. The molecule has 0 aliphatic rings. The van der Waals surface area contributed by atoms with Crippen molar-refractivity contribution in [3.05, 3.63) is 36.4 Å². The fourth-order valence-electron chi connectivity index (χ4n) is 0.833. The Morgan fingerprint density at radius 3 is 3.50 bits per heavy atom. The van der Waals surface area contributed by atoms with E-state index in [0.717, 1.165) is 0 Å². The Morgan fingerprint density at radius 2 is 2.60 bits per heavy atom. The molecule has 1 heterocycles. The van der Waals surface area contributed by atoms with Crippen LogP contribution in [0.5, 0.6) is 0 Å². The van der Waals surface area contributed by atoms with Gasteiger partial charge in [0.05, 0.1) is 5.48 Å². The van der Waals surface area contributed by atoms with E-state index < -0.39 is 13.1 Å². The third-order valence-corrected chi connectivity index (χ3v) is 1.30. The maximum Gasteiger partial charge on any atom is 0.0818 e. The summed E-state index contributed by atoms with van der Waals surface area (Å²) in [6.45, 7) is -2.60. The first kappa shape index (κ1) is 1.88. The van der Waals surface area contributed by atoms with Crippen LogP contribution in [-0.2, 0) is 6.98 Å². The van der Waals surface area contributed by atoms with E-state index in [1.807, 2.05) is 0 Å². The van der Waals surface area contributed by atoms with Crippen LogP contribution in [0.2, 0.25) is 0 Å². The van der Waals surface area contributed by atoms with E-state index in [4.69, 9.17) is 9.60 Å². The first-order valence-electron chi connectivity index (χ1n) is 6.33. The Bertz CT molecular complexity index is 596. The van der Waals surface area contributed by atoms with E-state index in [1.165, 1.54) is 12.1 Å². The van der Waals surface area contributed by atoms with Crippen molar-refractivity contribution in [2.24, 2.45) is 6.98 Å². The minimum atomic E-state index is -2.60. The Balaban J connectivity index is 2.99. The Hall–Kier alpha value is -1.24. The molecule has 0 aliphatic carbocycles. The summed E-state index contributed by atoms with van der Waals surface area (Å²) in [6, 6.07) is 2.10. The second-order valence-corrected chi connectivity index (χ2v) is 1.93. The highest BCUT2D eigenvalue weighted by Crippen LogP contribution is 2.12. The average molecular weight is 138 g/mol. The summed E-state index contributed by atoms with van der Waals surface area (Å²) < 4.78 is 53.0. The summed E-state index contributed by atoms with van der Waals surface area (Å²) in [6.07, 6.45) is -0.459. The van der Waals surface area contributed by atoms with Crippen molar-refractivity contribution >= 4 is 10.9 Å². The largest absolute Gasteiger partial charge is 0.351 e. The van der Waals surface area contributed by atoms with Gasteiger partial charge in [-0.05, 0) is 17.5 Å². The monoisotopic (exact) mass is 138 g/mol. The van der Waals surface area contributed by atoms with Gasteiger partial charge in [-0.2, -0.15) is 0 Å². The molecule has 50 valence electrons. The van der Waals surface area contributed by atoms with Crippen LogP contribution in [0.15, 0.2) is 36.4 Å². The molecule has 10 heavy (non-hydrogen) atoms. The molecule has 0 unspecified atom stereocenters. The molecule has 1 aromatic heterocycles. The lowest BCUT2D eigenvalue weighted by atomic mass is 10.2. The molecule has 0 fully saturated rings. The van der Waals surface area contributed by atoms with Crippen molar-refractivity contribution in [2.75, 3.05) is 0 Å². The summed E-state index contributed by atoms with van der Waals surface area (Å²) >= 11 is 0. The molecular weight excluding hydrogens is 122 g/mol. The molecule has 0 radical (unpaired) electrons. The van der Waals surface area contributed by atoms with Crippen molar-refractivity contribution in [3.63, 3.8) is 0 Å². The Kier molecular flexibility index (Phi) is 0.352. The van der Waals surface area contributed by atoms with E-state index in [2.05, 4.69) is 0 Å². The molecule has 0 spiro atoms. The van der Waals surface area contributed by atoms with Crippen LogP contribution in [0.3, 0.4) is 0 Å². The van der Waals surface area contributed by atoms with Gasteiger partial charge < -0.3 is 4.57 Å². The molecule has 1 nitrogen and oxygen atoms in total. The Morgan fingerprint density at radius 1 is 1.60 bits per heavy atom. The molecule has 0 amide bonds. The summed E-state index contributed by atoms with van der Waals surface area (Å²) in [5.74, 6) is 0. The zero-order valence-electron chi connectivity index (χ0n) is 12.1. The molecule has 1 aromatic carbocycles. The topological polar surface area (TPSA) is 4.93 Å². The van der Waals surface area contributed by atoms with E-state index >= 15 is 0 Å². The minimum Gasteiger partial charge on any atom is -0.351 e. The van der Waals surface area contributed by atoms with Gasteiger partial charge in [-0.25, -0.2) is 0 Å². The van der Waals surface area contributed by atoms with Crippen LogP contribution in [0.4, 0.5) is 0 Å². The molecule has 0 bridgehead atoms. The highest BCUT2D eigenvalue weighted by molar-refractivity contribution is 5.79. The van der Waals surface area contributed by atoms with E-state index in [9.17, 15) is 0 Å². The number of fused-ring (bicyclic) bond motifs is 1. The van der Waals surface area contributed by atoms with Crippen molar-refractivity contribution in [1.29, 1.82) is 0 Å². The molecule has 0 saturated carbocycles. The number of nitrogens with zero attached hydrogens (tertiary/aromatic N) is 1. The lowest BCUT2D eigenvalue weighted by Crippen LogP contribution is -1.81. The molecule has 1 heteroatoms. The van der Waals surface area contributed by atoms with Gasteiger partial charge in [0.15, 0.2) is 0 Å². The van der Waals surface area contributed by atoms with Crippen LogP contribution in [0.1, 0.15) is 9.60 Å². The lowest BCUT2D eigenvalue weighted by molar-refractivity contribution is 0.969. The van der Waals surface area contributed by atoms with Crippen molar-refractivity contribution in [2.45, 2.75) is 0 Å². The average Bonchev–Trinajstić information content (AvgIpc) is 2.41. The van der Waals surface area contributed by atoms with Crippen LogP contribution < -0.4 is 0 Å². The zero-order valence-corrected chi connectivity index (χ0v) is 5.10. The number of aromatic nitrogens is 1. The fourth-order valence-corrected chi connectivity index (χ4v) is 0.833. The maximum absolute atomic E-state index is 7.68.